The minimum atomic E-state index is -0.152. The van der Waals surface area contributed by atoms with Gasteiger partial charge in [-0.25, -0.2) is 0 Å². The quantitative estimate of drug-likeness (QED) is 0.673. The Morgan fingerprint density at radius 3 is 2.14 bits per heavy atom. The van der Waals surface area contributed by atoms with Crippen LogP contribution in [0.4, 0.5) is 0 Å². The molecule has 0 saturated carbocycles. The Kier molecular flexibility index (Phi) is 4.03. The van der Waals surface area contributed by atoms with Gasteiger partial charge in [-0.2, -0.15) is 0 Å². The van der Waals surface area contributed by atoms with Crippen LogP contribution in [0.1, 0.15) is 22.6 Å². The summed E-state index contributed by atoms with van der Waals surface area (Å²) in [5, 5.41) is 20.4. The fourth-order valence-electron chi connectivity index (χ4n) is 2.64. The summed E-state index contributed by atoms with van der Waals surface area (Å²) in [6.45, 7) is 0. The average Bonchev–Trinajstić information content (AvgIpc) is 2.51. The van der Waals surface area contributed by atoms with Crippen LogP contribution in [0.3, 0.4) is 0 Å². The molecule has 0 spiro atoms. The lowest BCUT2D eigenvalue weighted by Crippen LogP contribution is -2.03. The molecule has 3 aromatic carbocycles. The van der Waals surface area contributed by atoms with Crippen LogP contribution in [0.25, 0.3) is 0 Å². The first kappa shape index (κ1) is 14.5. The third-order valence-corrected chi connectivity index (χ3v) is 3.89. The summed E-state index contributed by atoms with van der Waals surface area (Å²) in [5.74, 6) is 0.298. The Bertz CT molecular complexity index is 781. The fourth-order valence-corrected chi connectivity index (χ4v) is 2.83. The van der Waals surface area contributed by atoms with Crippen molar-refractivity contribution in [3.05, 3.63) is 94.5 Å². The molecule has 0 saturated heterocycles. The number of phenols is 2. The molecule has 0 aromatic heterocycles. The van der Waals surface area contributed by atoms with Crippen molar-refractivity contribution in [1.29, 1.82) is 0 Å². The maximum Gasteiger partial charge on any atom is 0.119 e. The van der Waals surface area contributed by atoms with Crippen LogP contribution >= 0.6 is 11.6 Å². The molecule has 0 aliphatic heterocycles. The normalized spacial score (nSPS) is 12.0. The maximum absolute atomic E-state index is 10.2. The Balaban J connectivity index is 2.18. The van der Waals surface area contributed by atoms with E-state index in [0.717, 1.165) is 16.7 Å². The molecule has 3 heteroatoms. The summed E-state index contributed by atoms with van der Waals surface area (Å²) < 4.78 is 0. The second-order valence-corrected chi connectivity index (χ2v) is 5.57. The van der Waals surface area contributed by atoms with Gasteiger partial charge in [0.1, 0.15) is 11.5 Å². The standard InChI is InChI=1S/C19H15ClO2/c20-15-5-3-4-14(12-15)19(13-8-10-16(21)11-9-13)17-6-1-2-7-18(17)22/h1-12,19,21-22H. The monoisotopic (exact) mass is 310 g/mol. The first-order valence-electron chi connectivity index (χ1n) is 6.97. The van der Waals surface area contributed by atoms with Crippen molar-refractivity contribution in [2.75, 3.05) is 0 Å². The molecule has 0 heterocycles. The van der Waals surface area contributed by atoms with E-state index < -0.39 is 0 Å². The van der Waals surface area contributed by atoms with Crippen LogP contribution in [0.15, 0.2) is 72.8 Å². The van der Waals surface area contributed by atoms with Gasteiger partial charge in [-0.05, 0) is 41.5 Å². The van der Waals surface area contributed by atoms with Crippen molar-refractivity contribution in [2.24, 2.45) is 0 Å². The second kappa shape index (κ2) is 6.12. The predicted molar refractivity (Wildman–Crippen MR) is 88.6 cm³/mol. The molecular weight excluding hydrogens is 296 g/mol. The average molecular weight is 311 g/mol. The zero-order valence-corrected chi connectivity index (χ0v) is 12.5. The van der Waals surface area contributed by atoms with E-state index in [0.29, 0.717) is 5.02 Å². The molecule has 2 N–H and O–H groups in total. The molecule has 0 amide bonds. The van der Waals surface area contributed by atoms with Crippen LogP contribution in [0.5, 0.6) is 11.5 Å². The highest BCUT2D eigenvalue weighted by Gasteiger charge is 2.19. The van der Waals surface area contributed by atoms with E-state index >= 15 is 0 Å². The molecule has 0 radical (unpaired) electrons. The second-order valence-electron chi connectivity index (χ2n) is 5.14. The number of para-hydroxylation sites is 1. The number of phenolic OH excluding ortho intramolecular Hbond substituents is 2. The van der Waals surface area contributed by atoms with Gasteiger partial charge in [0.2, 0.25) is 0 Å². The van der Waals surface area contributed by atoms with Crippen LogP contribution in [0, 0.1) is 0 Å². The molecule has 0 bridgehead atoms. The first-order valence-corrected chi connectivity index (χ1v) is 7.35. The van der Waals surface area contributed by atoms with E-state index in [1.807, 2.05) is 48.5 Å². The fraction of sp³-hybridized carbons (Fsp3) is 0.0526. The van der Waals surface area contributed by atoms with Crippen molar-refractivity contribution in [3.8, 4) is 11.5 Å². The minimum Gasteiger partial charge on any atom is -0.508 e. The summed E-state index contributed by atoms with van der Waals surface area (Å²) in [7, 11) is 0. The van der Waals surface area contributed by atoms with E-state index in [1.165, 1.54) is 0 Å². The molecule has 0 aliphatic carbocycles. The van der Waals surface area contributed by atoms with E-state index in [1.54, 1.807) is 24.3 Å². The number of aromatic hydroxyl groups is 2. The summed E-state index contributed by atoms with van der Waals surface area (Å²) in [5.41, 5.74) is 2.76. The predicted octanol–water partition coefficient (Wildman–Crippen LogP) is 4.93. The molecule has 22 heavy (non-hydrogen) atoms. The first-order chi connectivity index (χ1) is 10.6. The van der Waals surface area contributed by atoms with E-state index in [4.69, 9.17) is 11.6 Å². The molecule has 3 aromatic rings. The van der Waals surface area contributed by atoms with Gasteiger partial charge in [0.05, 0.1) is 0 Å². The zero-order valence-electron chi connectivity index (χ0n) is 11.8. The summed E-state index contributed by atoms with van der Waals surface area (Å²) in [6, 6.07) is 21.9. The topological polar surface area (TPSA) is 40.5 Å². The molecule has 3 rings (SSSR count). The van der Waals surface area contributed by atoms with Crippen molar-refractivity contribution in [3.63, 3.8) is 0 Å². The SMILES string of the molecule is Oc1ccc(C(c2cccc(Cl)c2)c2ccccc2O)cc1. The van der Waals surface area contributed by atoms with Crippen LogP contribution in [-0.4, -0.2) is 10.2 Å². The highest BCUT2D eigenvalue weighted by molar-refractivity contribution is 6.30. The van der Waals surface area contributed by atoms with Gasteiger partial charge in [-0.1, -0.05) is 54.1 Å². The van der Waals surface area contributed by atoms with Crippen LogP contribution < -0.4 is 0 Å². The van der Waals surface area contributed by atoms with Crippen LogP contribution in [0.2, 0.25) is 5.02 Å². The molecule has 1 unspecified atom stereocenters. The molecule has 2 nitrogen and oxygen atoms in total. The number of halogens is 1. The van der Waals surface area contributed by atoms with Gasteiger partial charge in [0, 0.05) is 16.5 Å². The number of hydrogen-bond donors (Lipinski definition) is 2. The molecule has 0 fully saturated rings. The molecule has 0 aliphatic rings. The highest BCUT2D eigenvalue weighted by atomic mass is 35.5. The molecule has 1 atom stereocenters. The lowest BCUT2D eigenvalue weighted by atomic mass is 9.84. The van der Waals surface area contributed by atoms with E-state index in [2.05, 4.69) is 0 Å². The van der Waals surface area contributed by atoms with Gasteiger partial charge < -0.3 is 10.2 Å². The number of rotatable bonds is 3. The van der Waals surface area contributed by atoms with E-state index in [-0.39, 0.29) is 17.4 Å². The van der Waals surface area contributed by atoms with Crippen molar-refractivity contribution < 1.29 is 10.2 Å². The van der Waals surface area contributed by atoms with Crippen LogP contribution in [-0.2, 0) is 0 Å². The Morgan fingerprint density at radius 1 is 0.727 bits per heavy atom. The summed E-state index contributed by atoms with van der Waals surface area (Å²) >= 11 is 6.13. The Morgan fingerprint density at radius 2 is 1.45 bits per heavy atom. The number of hydrogen-bond acceptors (Lipinski definition) is 2. The van der Waals surface area contributed by atoms with Gasteiger partial charge in [0.25, 0.3) is 0 Å². The van der Waals surface area contributed by atoms with Gasteiger partial charge >= 0.3 is 0 Å². The summed E-state index contributed by atoms with van der Waals surface area (Å²) in [6.07, 6.45) is 0. The largest absolute Gasteiger partial charge is 0.508 e. The van der Waals surface area contributed by atoms with Gasteiger partial charge in [-0.15, -0.1) is 0 Å². The van der Waals surface area contributed by atoms with Crippen molar-refractivity contribution >= 4 is 11.6 Å². The molecular formula is C19H15ClO2. The maximum atomic E-state index is 10.2. The highest BCUT2D eigenvalue weighted by Crippen LogP contribution is 2.37. The lowest BCUT2D eigenvalue weighted by molar-refractivity contribution is 0.467. The Labute approximate surface area is 134 Å². The van der Waals surface area contributed by atoms with Gasteiger partial charge in [0.15, 0.2) is 0 Å². The van der Waals surface area contributed by atoms with Crippen molar-refractivity contribution in [2.45, 2.75) is 5.92 Å². The smallest absolute Gasteiger partial charge is 0.119 e. The number of benzene rings is 3. The third kappa shape index (κ3) is 2.92. The third-order valence-electron chi connectivity index (χ3n) is 3.66. The molecule has 110 valence electrons. The minimum absolute atomic E-state index is 0.152. The Hall–Kier alpha value is -2.45. The zero-order chi connectivity index (χ0) is 15.5. The van der Waals surface area contributed by atoms with Gasteiger partial charge in [-0.3, -0.25) is 0 Å². The van der Waals surface area contributed by atoms with E-state index in [9.17, 15) is 10.2 Å². The van der Waals surface area contributed by atoms with Crippen molar-refractivity contribution in [1.82, 2.24) is 0 Å². The summed E-state index contributed by atoms with van der Waals surface area (Å²) in [4.78, 5) is 0. The lowest BCUT2D eigenvalue weighted by Gasteiger charge is -2.20.